The second-order valence-electron chi connectivity index (χ2n) is 3.68. The monoisotopic (exact) mass is 398 g/mol. The standard InChI is InChI=1S/C11H20NO3.W/c1-2-7-14-8-9-15-11-3-5-12(10-13)6-4-11;/h10-11H,1-9H2;/q-1;. The van der Waals surface area contributed by atoms with Crippen LogP contribution in [0.3, 0.4) is 0 Å². The molecular weight excluding hydrogens is 378 g/mol. The number of amides is 1. The summed E-state index contributed by atoms with van der Waals surface area (Å²) < 4.78 is 10.9. The molecule has 0 aliphatic carbocycles. The summed E-state index contributed by atoms with van der Waals surface area (Å²) in [4.78, 5) is 12.2. The molecule has 94 valence electrons. The second-order valence-corrected chi connectivity index (χ2v) is 3.68. The van der Waals surface area contributed by atoms with Gasteiger partial charge >= 0.3 is 0 Å². The Morgan fingerprint density at radius 2 is 1.94 bits per heavy atom. The number of hydrogen-bond donors (Lipinski definition) is 0. The van der Waals surface area contributed by atoms with E-state index in [1.807, 2.05) is 0 Å². The Bertz CT molecular complexity index is 173. The topological polar surface area (TPSA) is 38.8 Å². The van der Waals surface area contributed by atoms with E-state index in [9.17, 15) is 4.79 Å². The van der Waals surface area contributed by atoms with Crippen molar-refractivity contribution in [3.63, 3.8) is 0 Å². The summed E-state index contributed by atoms with van der Waals surface area (Å²) in [6.45, 7) is 7.30. The third-order valence-corrected chi connectivity index (χ3v) is 2.50. The van der Waals surface area contributed by atoms with Crippen LogP contribution in [0.5, 0.6) is 0 Å². The zero-order valence-corrected chi connectivity index (χ0v) is 12.5. The minimum Gasteiger partial charge on any atom is -0.382 e. The Morgan fingerprint density at radius 1 is 1.25 bits per heavy atom. The minimum absolute atomic E-state index is 0. The maximum absolute atomic E-state index is 10.5. The van der Waals surface area contributed by atoms with Gasteiger partial charge < -0.3 is 21.3 Å². The molecular formula is C11H20NO3W-. The molecule has 4 nitrogen and oxygen atoms in total. The van der Waals surface area contributed by atoms with Gasteiger partial charge in [0.25, 0.3) is 0 Å². The van der Waals surface area contributed by atoms with Gasteiger partial charge in [0.05, 0.1) is 19.3 Å². The van der Waals surface area contributed by atoms with Crippen molar-refractivity contribution in [2.75, 3.05) is 32.9 Å². The first kappa shape index (κ1) is 16.1. The van der Waals surface area contributed by atoms with Crippen LogP contribution in [0.4, 0.5) is 0 Å². The molecule has 0 radical (unpaired) electrons. The van der Waals surface area contributed by atoms with Crippen LogP contribution in [0.25, 0.3) is 0 Å². The van der Waals surface area contributed by atoms with Crippen molar-refractivity contribution in [3.05, 3.63) is 6.92 Å². The van der Waals surface area contributed by atoms with Crippen molar-refractivity contribution in [1.29, 1.82) is 0 Å². The summed E-state index contributed by atoms with van der Waals surface area (Å²) in [5.41, 5.74) is 0. The van der Waals surface area contributed by atoms with Gasteiger partial charge in [-0.1, -0.05) is 0 Å². The third-order valence-electron chi connectivity index (χ3n) is 2.50. The number of rotatable bonds is 7. The molecule has 1 heterocycles. The maximum atomic E-state index is 10.5. The molecule has 0 aromatic carbocycles. The summed E-state index contributed by atoms with van der Waals surface area (Å²) in [6, 6.07) is 0. The van der Waals surface area contributed by atoms with Gasteiger partial charge in [0.15, 0.2) is 0 Å². The summed E-state index contributed by atoms with van der Waals surface area (Å²) in [5, 5.41) is 0. The predicted molar refractivity (Wildman–Crippen MR) is 57.4 cm³/mol. The largest absolute Gasteiger partial charge is 0.382 e. The van der Waals surface area contributed by atoms with E-state index in [0.717, 1.165) is 38.8 Å². The number of carbonyl (C=O) groups is 1. The van der Waals surface area contributed by atoms with E-state index >= 15 is 0 Å². The van der Waals surface area contributed by atoms with Crippen LogP contribution < -0.4 is 0 Å². The Morgan fingerprint density at radius 3 is 2.50 bits per heavy atom. The minimum atomic E-state index is 0. The second kappa shape index (κ2) is 10.2. The molecule has 0 atom stereocenters. The van der Waals surface area contributed by atoms with E-state index in [-0.39, 0.29) is 21.1 Å². The molecule has 1 rings (SSSR count). The maximum Gasteiger partial charge on any atom is 0.209 e. The van der Waals surface area contributed by atoms with Gasteiger partial charge in [-0.25, -0.2) is 0 Å². The molecule has 1 amide bonds. The molecule has 0 aromatic heterocycles. The van der Waals surface area contributed by atoms with Crippen molar-refractivity contribution in [2.45, 2.75) is 25.4 Å². The molecule has 0 unspecified atom stereocenters. The predicted octanol–water partition coefficient (Wildman–Crippen LogP) is 0.862. The van der Waals surface area contributed by atoms with E-state index in [2.05, 4.69) is 6.92 Å². The molecule has 1 aliphatic heterocycles. The molecule has 16 heavy (non-hydrogen) atoms. The van der Waals surface area contributed by atoms with Crippen LogP contribution in [0.15, 0.2) is 0 Å². The van der Waals surface area contributed by atoms with Crippen molar-refractivity contribution < 1.29 is 35.3 Å². The van der Waals surface area contributed by atoms with E-state index < -0.39 is 0 Å². The van der Waals surface area contributed by atoms with Gasteiger partial charge in [-0.05, 0) is 12.8 Å². The van der Waals surface area contributed by atoms with Crippen molar-refractivity contribution in [3.8, 4) is 0 Å². The molecule has 0 aromatic rings. The fraction of sp³-hybridized carbons (Fsp3) is 0.818. The average molecular weight is 398 g/mol. The number of carbonyl (C=O) groups excluding carboxylic acids is 1. The van der Waals surface area contributed by atoms with E-state index in [0.29, 0.717) is 25.9 Å². The van der Waals surface area contributed by atoms with Crippen molar-refractivity contribution in [2.24, 2.45) is 0 Å². The van der Waals surface area contributed by atoms with Crippen LogP contribution >= 0.6 is 0 Å². The Labute approximate surface area is 112 Å². The van der Waals surface area contributed by atoms with Crippen LogP contribution in [0.1, 0.15) is 19.3 Å². The first-order chi connectivity index (χ1) is 7.36. The van der Waals surface area contributed by atoms with Gasteiger partial charge in [-0.2, -0.15) is 6.42 Å². The van der Waals surface area contributed by atoms with Crippen molar-refractivity contribution >= 4 is 6.41 Å². The molecule has 5 heteroatoms. The summed E-state index contributed by atoms with van der Waals surface area (Å²) in [5.74, 6) is 0. The molecule has 0 saturated carbocycles. The molecule has 0 bridgehead atoms. The summed E-state index contributed by atoms with van der Waals surface area (Å²) in [7, 11) is 0. The SMILES string of the molecule is [CH2-]CCOCCOC1CCN(C=O)CC1.[W]. The average Bonchev–Trinajstić information content (AvgIpc) is 2.30. The first-order valence-corrected chi connectivity index (χ1v) is 5.54. The summed E-state index contributed by atoms with van der Waals surface area (Å²) in [6.07, 6.45) is 3.89. The van der Waals surface area contributed by atoms with Gasteiger partial charge in [0, 0.05) is 40.8 Å². The Kier molecular flexibility index (Phi) is 10.3. The number of nitrogens with zero attached hydrogens (tertiary/aromatic N) is 1. The van der Waals surface area contributed by atoms with Crippen LogP contribution in [0, 0.1) is 6.92 Å². The molecule has 0 spiro atoms. The normalized spacial score (nSPS) is 16.9. The van der Waals surface area contributed by atoms with E-state index in [4.69, 9.17) is 9.47 Å². The first-order valence-electron chi connectivity index (χ1n) is 5.54. The van der Waals surface area contributed by atoms with Crippen LogP contribution in [0.2, 0.25) is 0 Å². The zero-order chi connectivity index (χ0) is 10.9. The third kappa shape index (κ3) is 6.62. The molecule has 1 fully saturated rings. The number of likely N-dealkylation sites (tertiary alicyclic amines) is 1. The Hall–Kier alpha value is 0.0783. The van der Waals surface area contributed by atoms with Crippen LogP contribution in [-0.2, 0) is 35.3 Å². The smallest absolute Gasteiger partial charge is 0.209 e. The fourth-order valence-electron chi connectivity index (χ4n) is 1.63. The zero-order valence-electron chi connectivity index (χ0n) is 9.60. The van der Waals surface area contributed by atoms with Gasteiger partial charge in [-0.3, -0.25) is 4.79 Å². The molecule has 1 aliphatic rings. The van der Waals surface area contributed by atoms with Crippen LogP contribution in [-0.4, -0.2) is 50.3 Å². The summed E-state index contributed by atoms with van der Waals surface area (Å²) >= 11 is 0. The van der Waals surface area contributed by atoms with Gasteiger partial charge in [-0.15, -0.1) is 0 Å². The molecule has 1 saturated heterocycles. The molecule has 0 N–H and O–H groups in total. The Balaban J connectivity index is 0.00000225. The van der Waals surface area contributed by atoms with E-state index in [1.165, 1.54) is 0 Å². The van der Waals surface area contributed by atoms with Crippen molar-refractivity contribution in [1.82, 2.24) is 4.90 Å². The van der Waals surface area contributed by atoms with Gasteiger partial charge in [0.2, 0.25) is 6.41 Å². The number of ether oxygens (including phenoxy) is 2. The number of piperidine rings is 1. The fourth-order valence-corrected chi connectivity index (χ4v) is 1.63. The van der Waals surface area contributed by atoms with Gasteiger partial charge in [0.1, 0.15) is 0 Å². The number of hydrogen-bond acceptors (Lipinski definition) is 3. The quantitative estimate of drug-likeness (QED) is 0.363. The van der Waals surface area contributed by atoms with E-state index in [1.54, 1.807) is 4.90 Å².